The van der Waals surface area contributed by atoms with Crippen molar-refractivity contribution < 1.29 is 22.7 Å². The van der Waals surface area contributed by atoms with E-state index in [1.54, 1.807) is 19.2 Å². The van der Waals surface area contributed by atoms with Crippen LogP contribution in [0.2, 0.25) is 0 Å². The largest absolute Gasteiger partial charge is 0.383 e. The molecule has 0 unspecified atom stereocenters. The minimum absolute atomic E-state index is 0.00927. The smallest absolute Gasteiger partial charge is 0.279 e. The van der Waals surface area contributed by atoms with Crippen LogP contribution in [0.25, 0.3) is 10.2 Å². The van der Waals surface area contributed by atoms with E-state index in [0.29, 0.717) is 23.6 Å². The van der Waals surface area contributed by atoms with Gasteiger partial charge in [0.1, 0.15) is 0 Å². The first-order chi connectivity index (χ1) is 18.2. The number of hydrogen-bond donors (Lipinski definition) is 1. The third-order valence-corrected chi connectivity index (χ3v) is 8.36. The first-order valence-corrected chi connectivity index (χ1v) is 13.8. The SMILES string of the molecule is COCCn1c(=NC(=O)c2ccc(S(=O)(=O)N(CCC#N)CCC#N)cc2)sc2cc(NC(C)=O)ccc21. The second kappa shape index (κ2) is 13.1. The summed E-state index contributed by atoms with van der Waals surface area (Å²) in [5.41, 5.74) is 1.64. The van der Waals surface area contributed by atoms with Gasteiger partial charge in [-0.25, -0.2) is 8.42 Å². The lowest BCUT2D eigenvalue weighted by Gasteiger charge is -2.20. The molecule has 0 aliphatic rings. The number of nitrogens with one attached hydrogen (secondary N) is 1. The predicted molar refractivity (Wildman–Crippen MR) is 142 cm³/mol. The lowest BCUT2D eigenvalue weighted by atomic mass is 10.2. The second-order valence-electron chi connectivity index (χ2n) is 8.05. The summed E-state index contributed by atoms with van der Waals surface area (Å²) in [6, 6.07) is 14.6. The maximum absolute atomic E-state index is 13.0. The van der Waals surface area contributed by atoms with Gasteiger partial charge >= 0.3 is 0 Å². The Hall–Kier alpha value is -3.88. The maximum Gasteiger partial charge on any atom is 0.279 e. The van der Waals surface area contributed by atoms with E-state index in [4.69, 9.17) is 15.3 Å². The number of rotatable bonds is 11. The quantitative estimate of drug-likeness (QED) is 0.382. The second-order valence-corrected chi connectivity index (χ2v) is 11.0. The molecular formula is C25H26N6O5S2. The van der Waals surface area contributed by atoms with E-state index in [1.807, 2.05) is 22.8 Å². The highest BCUT2D eigenvalue weighted by atomic mass is 32.2. The normalized spacial score (nSPS) is 11.9. The topological polar surface area (TPSA) is 158 Å². The lowest BCUT2D eigenvalue weighted by Crippen LogP contribution is -2.32. The van der Waals surface area contributed by atoms with E-state index in [9.17, 15) is 18.0 Å². The number of hydrogen-bond acceptors (Lipinski definition) is 8. The van der Waals surface area contributed by atoms with Crippen LogP contribution in [0.3, 0.4) is 0 Å². The van der Waals surface area contributed by atoms with Crippen molar-refractivity contribution in [3.8, 4) is 12.1 Å². The molecule has 0 aliphatic heterocycles. The molecule has 3 rings (SSSR count). The van der Waals surface area contributed by atoms with E-state index >= 15 is 0 Å². The van der Waals surface area contributed by atoms with Crippen LogP contribution in [0.5, 0.6) is 0 Å². The molecule has 0 atom stereocenters. The molecule has 0 fully saturated rings. The van der Waals surface area contributed by atoms with Gasteiger partial charge in [-0.2, -0.15) is 19.8 Å². The monoisotopic (exact) mass is 554 g/mol. The van der Waals surface area contributed by atoms with Crippen LogP contribution < -0.4 is 10.1 Å². The van der Waals surface area contributed by atoms with Crippen molar-refractivity contribution in [2.24, 2.45) is 4.99 Å². The van der Waals surface area contributed by atoms with Gasteiger partial charge in [-0.15, -0.1) is 0 Å². The number of thiazole rings is 1. The average Bonchev–Trinajstić information content (AvgIpc) is 3.22. The zero-order valence-electron chi connectivity index (χ0n) is 20.9. The molecule has 11 nitrogen and oxygen atoms in total. The molecule has 1 aromatic heterocycles. The summed E-state index contributed by atoms with van der Waals surface area (Å²) in [7, 11) is -2.38. The van der Waals surface area contributed by atoms with Crippen molar-refractivity contribution in [3.05, 3.63) is 52.8 Å². The number of fused-ring (bicyclic) bond motifs is 1. The Bertz CT molecular complexity index is 1560. The fourth-order valence-corrected chi connectivity index (χ4v) is 6.14. The highest BCUT2D eigenvalue weighted by molar-refractivity contribution is 7.89. The van der Waals surface area contributed by atoms with Crippen LogP contribution in [-0.2, 0) is 26.1 Å². The van der Waals surface area contributed by atoms with Gasteiger partial charge in [0.15, 0.2) is 4.80 Å². The molecule has 13 heteroatoms. The Morgan fingerprint density at radius 3 is 2.34 bits per heavy atom. The molecule has 198 valence electrons. The van der Waals surface area contributed by atoms with Gasteiger partial charge in [-0.05, 0) is 42.5 Å². The summed E-state index contributed by atoms with van der Waals surface area (Å²) < 4.78 is 35.0. The van der Waals surface area contributed by atoms with E-state index in [2.05, 4.69) is 10.3 Å². The molecule has 0 bridgehead atoms. The van der Waals surface area contributed by atoms with Crippen LogP contribution >= 0.6 is 11.3 Å². The van der Waals surface area contributed by atoms with Crippen LogP contribution in [0.15, 0.2) is 52.4 Å². The van der Waals surface area contributed by atoms with Crippen molar-refractivity contribution >= 4 is 49.1 Å². The van der Waals surface area contributed by atoms with Gasteiger partial charge in [0.05, 0.1) is 33.9 Å². The van der Waals surface area contributed by atoms with Crippen molar-refractivity contribution in [2.75, 3.05) is 32.1 Å². The van der Waals surface area contributed by atoms with E-state index in [0.717, 1.165) is 14.5 Å². The maximum atomic E-state index is 13.0. The Kier molecular flexibility index (Phi) is 9.87. The molecule has 2 amide bonds. The van der Waals surface area contributed by atoms with E-state index < -0.39 is 15.9 Å². The summed E-state index contributed by atoms with van der Waals surface area (Å²) >= 11 is 1.28. The zero-order chi connectivity index (χ0) is 27.7. The Morgan fingerprint density at radius 2 is 1.76 bits per heavy atom. The third-order valence-electron chi connectivity index (χ3n) is 5.40. The van der Waals surface area contributed by atoms with Crippen LogP contribution in [0.1, 0.15) is 30.1 Å². The number of carbonyl (C=O) groups excluding carboxylic acids is 2. The summed E-state index contributed by atoms with van der Waals surface area (Å²) in [5, 5.41) is 20.4. The van der Waals surface area contributed by atoms with Crippen molar-refractivity contribution in [3.63, 3.8) is 0 Å². The average molecular weight is 555 g/mol. The Balaban J connectivity index is 1.94. The molecule has 0 saturated carbocycles. The predicted octanol–water partition coefficient (Wildman–Crippen LogP) is 2.87. The summed E-state index contributed by atoms with van der Waals surface area (Å²) in [5.74, 6) is -0.753. The zero-order valence-corrected chi connectivity index (χ0v) is 22.5. The minimum atomic E-state index is -3.95. The highest BCUT2D eigenvalue weighted by Crippen LogP contribution is 2.23. The van der Waals surface area contributed by atoms with Crippen LogP contribution in [0, 0.1) is 22.7 Å². The molecule has 1 N–H and O–H groups in total. The number of anilines is 1. The standard InChI is InChI=1S/C25H26N6O5S2/c1-18(32)28-20-7-10-22-23(17-20)37-25(31(22)15-16-36-2)29-24(33)19-5-8-21(9-6-19)38(34,35)30(13-3-11-26)14-4-12-27/h5-10,17H,3-4,13-16H2,1-2H3,(H,28,32). The van der Waals surface area contributed by atoms with Gasteiger partial charge in [0, 0.05) is 57.8 Å². The fraction of sp³-hybridized carbons (Fsp3) is 0.320. The van der Waals surface area contributed by atoms with Crippen LogP contribution in [-0.4, -0.2) is 55.9 Å². The summed E-state index contributed by atoms with van der Waals surface area (Å²) in [6.07, 6.45) is -0.0185. The third kappa shape index (κ3) is 6.90. The number of carbonyl (C=O) groups is 2. The first kappa shape index (κ1) is 28.7. The Labute approximate surface area is 224 Å². The van der Waals surface area contributed by atoms with Gasteiger partial charge in [0.2, 0.25) is 15.9 Å². The number of aromatic nitrogens is 1. The number of sulfonamides is 1. The molecule has 3 aromatic rings. The van der Waals surface area contributed by atoms with Gasteiger partial charge in [-0.1, -0.05) is 11.3 Å². The van der Waals surface area contributed by atoms with Crippen molar-refractivity contribution in [2.45, 2.75) is 31.2 Å². The van der Waals surface area contributed by atoms with Crippen molar-refractivity contribution in [1.29, 1.82) is 10.5 Å². The molecule has 0 spiro atoms. The van der Waals surface area contributed by atoms with E-state index in [1.165, 1.54) is 42.5 Å². The number of nitrogens with zero attached hydrogens (tertiary/aromatic N) is 5. The number of amides is 2. The number of benzene rings is 2. The summed E-state index contributed by atoms with van der Waals surface area (Å²) in [6.45, 7) is 2.19. The fourth-order valence-electron chi connectivity index (χ4n) is 3.61. The number of ether oxygens (including phenoxy) is 1. The molecule has 0 saturated heterocycles. The molecule has 1 heterocycles. The van der Waals surface area contributed by atoms with Gasteiger partial charge in [-0.3, -0.25) is 9.59 Å². The van der Waals surface area contributed by atoms with Gasteiger partial charge < -0.3 is 14.6 Å². The van der Waals surface area contributed by atoms with E-state index in [-0.39, 0.29) is 42.3 Å². The highest BCUT2D eigenvalue weighted by Gasteiger charge is 2.24. The molecule has 38 heavy (non-hydrogen) atoms. The van der Waals surface area contributed by atoms with Crippen LogP contribution in [0.4, 0.5) is 5.69 Å². The molecule has 0 aliphatic carbocycles. The molecule has 2 aromatic carbocycles. The molecular weight excluding hydrogens is 528 g/mol. The first-order valence-electron chi connectivity index (χ1n) is 11.5. The lowest BCUT2D eigenvalue weighted by molar-refractivity contribution is -0.114. The Morgan fingerprint density at radius 1 is 1.11 bits per heavy atom. The van der Waals surface area contributed by atoms with Gasteiger partial charge in [0.25, 0.3) is 5.91 Å². The number of nitriles is 2. The van der Waals surface area contributed by atoms with Crippen molar-refractivity contribution in [1.82, 2.24) is 8.87 Å². The number of methoxy groups -OCH3 is 1. The summed E-state index contributed by atoms with van der Waals surface area (Å²) in [4.78, 5) is 29.1. The molecule has 0 radical (unpaired) electrons. The minimum Gasteiger partial charge on any atom is -0.383 e.